The van der Waals surface area contributed by atoms with Crippen LogP contribution in [0.2, 0.25) is 0 Å². The number of carbonyl (C=O) groups excluding carboxylic acids is 2. The molecule has 1 unspecified atom stereocenters. The smallest absolute Gasteiger partial charge is 0.242 e. The first-order chi connectivity index (χ1) is 14.3. The summed E-state index contributed by atoms with van der Waals surface area (Å²) in [6.07, 6.45) is 3.93. The summed E-state index contributed by atoms with van der Waals surface area (Å²) in [6.45, 7) is 9.69. The molecular formula is C25H37N3O2. The molecule has 0 radical (unpaired) electrons. The van der Waals surface area contributed by atoms with Gasteiger partial charge in [-0.3, -0.25) is 9.59 Å². The van der Waals surface area contributed by atoms with Gasteiger partial charge in [-0.1, -0.05) is 51.1 Å². The van der Waals surface area contributed by atoms with Crippen molar-refractivity contribution >= 4 is 11.8 Å². The van der Waals surface area contributed by atoms with Crippen molar-refractivity contribution in [1.82, 2.24) is 14.4 Å². The Hall–Kier alpha value is -2.56. The zero-order valence-corrected chi connectivity index (χ0v) is 19.2. The van der Waals surface area contributed by atoms with Gasteiger partial charge in [0, 0.05) is 37.9 Å². The van der Waals surface area contributed by atoms with Crippen molar-refractivity contribution in [3.05, 3.63) is 59.9 Å². The van der Waals surface area contributed by atoms with Crippen molar-refractivity contribution in [2.75, 3.05) is 13.1 Å². The fourth-order valence-electron chi connectivity index (χ4n) is 3.55. The highest BCUT2D eigenvalue weighted by Crippen LogP contribution is 2.13. The summed E-state index contributed by atoms with van der Waals surface area (Å²) in [5.41, 5.74) is 2.24. The van der Waals surface area contributed by atoms with Crippen molar-refractivity contribution in [1.29, 1.82) is 0 Å². The van der Waals surface area contributed by atoms with E-state index >= 15 is 0 Å². The summed E-state index contributed by atoms with van der Waals surface area (Å²) >= 11 is 0. The number of hydrogen-bond donors (Lipinski definition) is 0. The molecule has 0 bridgehead atoms. The predicted octanol–water partition coefficient (Wildman–Crippen LogP) is 4.27. The van der Waals surface area contributed by atoms with Gasteiger partial charge in [-0.15, -0.1) is 0 Å². The number of rotatable bonds is 11. The van der Waals surface area contributed by atoms with E-state index < -0.39 is 0 Å². The van der Waals surface area contributed by atoms with Gasteiger partial charge in [-0.05, 0) is 43.4 Å². The first-order valence-corrected chi connectivity index (χ1v) is 11.0. The van der Waals surface area contributed by atoms with Crippen molar-refractivity contribution in [2.24, 2.45) is 13.0 Å². The fourth-order valence-corrected chi connectivity index (χ4v) is 3.55. The lowest BCUT2D eigenvalue weighted by atomic mass is 10.1. The fraction of sp³-hybridized carbons (Fsp3) is 0.520. The number of aryl methyl sites for hydroxylation is 2. The molecular weight excluding hydrogens is 374 g/mol. The normalized spacial score (nSPS) is 12.1. The number of nitrogens with zero attached hydrogens (tertiary/aromatic N) is 3. The molecule has 0 saturated heterocycles. The van der Waals surface area contributed by atoms with Crippen LogP contribution in [0, 0.1) is 5.92 Å². The third-order valence-corrected chi connectivity index (χ3v) is 5.56. The van der Waals surface area contributed by atoms with Crippen LogP contribution in [0.3, 0.4) is 0 Å². The van der Waals surface area contributed by atoms with Crippen molar-refractivity contribution in [3.8, 4) is 0 Å². The average Bonchev–Trinajstić information content (AvgIpc) is 3.13. The molecule has 0 fully saturated rings. The number of benzene rings is 1. The van der Waals surface area contributed by atoms with Crippen molar-refractivity contribution in [2.45, 2.75) is 59.5 Å². The van der Waals surface area contributed by atoms with E-state index in [2.05, 4.69) is 20.8 Å². The van der Waals surface area contributed by atoms with E-state index in [4.69, 9.17) is 0 Å². The number of amides is 2. The van der Waals surface area contributed by atoms with Crippen LogP contribution in [0.25, 0.3) is 0 Å². The number of hydrogen-bond acceptors (Lipinski definition) is 2. The van der Waals surface area contributed by atoms with E-state index in [9.17, 15) is 9.59 Å². The Morgan fingerprint density at radius 3 is 2.27 bits per heavy atom. The Kier molecular flexibility index (Phi) is 9.15. The first-order valence-electron chi connectivity index (χ1n) is 11.0. The van der Waals surface area contributed by atoms with Gasteiger partial charge in [-0.25, -0.2) is 0 Å². The lowest BCUT2D eigenvalue weighted by Crippen LogP contribution is -2.47. The Balaban J connectivity index is 2.08. The first kappa shape index (κ1) is 23.7. The van der Waals surface area contributed by atoms with E-state index in [-0.39, 0.29) is 24.4 Å². The maximum atomic E-state index is 13.2. The maximum Gasteiger partial charge on any atom is 0.242 e. The molecule has 2 aromatic rings. The monoisotopic (exact) mass is 411 g/mol. The number of carbonyl (C=O) groups is 2. The summed E-state index contributed by atoms with van der Waals surface area (Å²) in [5.74, 6) is 0.420. The molecule has 0 aliphatic rings. The minimum Gasteiger partial charge on any atom is -0.353 e. The van der Waals surface area contributed by atoms with E-state index in [0.29, 0.717) is 31.8 Å². The van der Waals surface area contributed by atoms with Crippen LogP contribution in [0.5, 0.6) is 0 Å². The molecule has 1 heterocycles. The van der Waals surface area contributed by atoms with E-state index in [0.717, 1.165) is 17.7 Å². The lowest BCUT2D eigenvalue weighted by Gasteiger charge is -2.32. The molecule has 5 nitrogen and oxygen atoms in total. The molecule has 2 rings (SSSR count). The highest BCUT2D eigenvalue weighted by molar-refractivity contribution is 5.85. The van der Waals surface area contributed by atoms with Gasteiger partial charge in [0.2, 0.25) is 11.8 Å². The Morgan fingerprint density at radius 2 is 1.70 bits per heavy atom. The van der Waals surface area contributed by atoms with Crippen LogP contribution in [0.15, 0.2) is 48.7 Å². The molecule has 1 aromatic heterocycles. The van der Waals surface area contributed by atoms with Crippen LogP contribution in [-0.4, -0.2) is 45.3 Å². The Labute approximate surface area is 181 Å². The summed E-state index contributed by atoms with van der Waals surface area (Å²) in [4.78, 5) is 29.9. The van der Waals surface area contributed by atoms with Gasteiger partial charge in [0.15, 0.2) is 0 Å². The quantitative estimate of drug-likeness (QED) is 0.554. The molecule has 0 spiro atoms. The van der Waals surface area contributed by atoms with E-state index in [1.807, 2.05) is 72.1 Å². The zero-order valence-electron chi connectivity index (χ0n) is 19.2. The molecule has 0 aliphatic heterocycles. The van der Waals surface area contributed by atoms with Crippen LogP contribution in [0.1, 0.15) is 51.8 Å². The van der Waals surface area contributed by atoms with Crippen LogP contribution in [0.4, 0.5) is 0 Å². The van der Waals surface area contributed by atoms with Gasteiger partial charge in [-0.2, -0.15) is 0 Å². The molecule has 1 atom stereocenters. The van der Waals surface area contributed by atoms with Gasteiger partial charge >= 0.3 is 0 Å². The molecule has 30 heavy (non-hydrogen) atoms. The van der Waals surface area contributed by atoms with Gasteiger partial charge in [0.25, 0.3) is 0 Å². The lowest BCUT2D eigenvalue weighted by molar-refractivity contribution is -0.143. The van der Waals surface area contributed by atoms with Crippen LogP contribution in [-0.2, 0) is 29.6 Å². The SMILES string of the molecule is CCC(C)N(CC(=O)N(Cc1cccn1C)CC(C)C)C(=O)CCc1ccccc1. The minimum atomic E-state index is 0.0123. The van der Waals surface area contributed by atoms with E-state index in [1.54, 1.807) is 4.90 Å². The topological polar surface area (TPSA) is 45.6 Å². The molecule has 5 heteroatoms. The van der Waals surface area contributed by atoms with Crippen LogP contribution < -0.4 is 0 Å². The van der Waals surface area contributed by atoms with Crippen molar-refractivity contribution < 1.29 is 9.59 Å². The zero-order chi connectivity index (χ0) is 22.1. The molecule has 0 saturated carbocycles. The van der Waals surface area contributed by atoms with Crippen LogP contribution >= 0.6 is 0 Å². The molecule has 164 valence electrons. The second-order valence-corrected chi connectivity index (χ2v) is 8.54. The predicted molar refractivity (Wildman–Crippen MR) is 122 cm³/mol. The van der Waals surface area contributed by atoms with E-state index in [1.165, 1.54) is 0 Å². The summed E-state index contributed by atoms with van der Waals surface area (Å²) in [7, 11) is 1.99. The summed E-state index contributed by atoms with van der Waals surface area (Å²) < 4.78 is 2.04. The maximum absolute atomic E-state index is 13.2. The molecule has 1 aromatic carbocycles. The second kappa shape index (κ2) is 11.6. The van der Waals surface area contributed by atoms with Gasteiger partial charge in [0.1, 0.15) is 0 Å². The highest BCUT2D eigenvalue weighted by atomic mass is 16.2. The standard InChI is InChI=1S/C25H37N3O2/c1-6-21(4)28(24(29)15-14-22-11-8-7-9-12-22)19-25(30)27(17-20(2)3)18-23-13-10-16-26(23)5/h7-13,16,20-21H,6,14-15,17-19H2,1-5H3. The summed E-state index contributed by atoms with van der Waals surface area (Å²) in [5, 5.41) is 0. The minimum absolute atomic E-state index is 0.0123. The largest absolute Gasteiger partial charge is 0.353 e. The summed E-state index contributed by atoms with van der Waals surface area (Å²) in [6, 6.07) is 14.1. The second-order valence-electron chi connectivity index (χ2n) is 8.54. The average molecular weight is 412 g/mol. The highest BCUT2D eigenvalue weighted by Gasteiger charge is 2.25. The number of aromatic nitrogens is 1. The third kappa shape index (κ3) is 7.05. The third-order valence-electron chi connectivity index (χ3n) is 5.56. The Bertz CT molecular complexity index is 798. The molecule has 0 N–H and O–H groups in total. The van der Waals surface area contributed by atoms with Gasteiger partial charge in [0.05, 0.1) is 13.1 Å². The Morgan fingerprint density at radius 1 is 1.00 bits per heavy atom. The molecule has 2 amide bonds. The van der Waals surface area contributed by atoms with Gasteiger partial charge < -0.3 is 14.4 Å². The molecule has 0 aliphatic carbocycles. The van der Waals surface area contributed by atoms with Crippen molar-refractivity contribution in [3.63, 3.8) is 0 Å².